The summed E-state index contributed by atoms with van der Waals surface area (Å²) in [5.74, 6) is 2.09. The molecule has 0 fully saturated rings. The molecule has 1 heterocycles. The number of benzene rings is 2. The van der Waals surface area contributed by atoms with Crippen LogP contribution in [0.1, 0.15) is 5.56 Å². The molecular formula is C21H25ClN2O5. The number of aliphatic hydroxyl groups excluding tert-OH is 1. The molecule has 0 amide bonds. The van der Waals surface area contributed by atoms with E-state index in [1.54, 1.807) is 32.4 Å². The summed E-state index contributed by atoms with van der Waals surface area (Å²) in [4.78, 5) is 14.1. The average Bonchev–Trinajstić information content (AvgIpc) is 2.72. The molecule has 1 unspecified atom stereocenters. The molecule has 0 saturated heterocycles. The molecule has 156 valence electrons. The van der Waals surface area contributed by atoms with Crippen LogP contribution in [-0.2, 0) is 6.54 Å². The maximum absolute atomic E-state index is 11.3. The van der Waals surface area contributed by atoms with Crippen LogP contribution in [0.25, 0.3) is 10.9 Å². The number of H-pyrrole nitrogens is 1. The van der Waals surface area contributed by atoms with Crippen molar-refractivity contribution in [1.82, 2.24) is 10.3 Å². The van der Waals surface area contributed by atoms with Crippen molar-refractivity contribution in [2.24, 2.45) is 0 Å². The summed E-state index contributed by atoms with van der Waals surface area (Å²) in [5.41, 5.74) is 1.58. The van der Waals surface area contributed by atoms with Gasteiger partial charge >= 0.3 is 0 Å². The Morgan fingerprint density at radius 1 is 1.03 bits per heavy atom. The summed E-state index contributed by atoms with van der Waals surface area (Å²) in [5, 5.41) is 14.2. The first kappa shape index (κ1) is 22.5. The van der Waals surface area contributed by atoms with Gasteiger partial charge in [0.1, 0.15) is 30.0 Å². The van der Waals surface area contributed by atoms with Crippen LogP contribution in [-0.4, -0.2) is 43.6 Å². The Bertz CT molecular complexity index is 992. The quantitative estimate of drug-likeness (QED) is 0.492. The molecule has 1 atom stereocenters. The second kappa shape index (κ2) is 10.7. The molecule has 0 radical (unpaired) electrons. The third kappa shape index (κ3) is 6.12. The first-order chi connectivity index (χ1) is 13.6. The maximum atomic E-state index is 11.3. The number of aromatic amines is 1. The molecule has 3 N–H and O–H groups in total. The Morgan fingerprint density at radius 3 is 2.59 bits per heavy atom. The molecule has 0 bridgehead atoms. The number of aliphatic hydroxyl groups is 1. The third-order valence-electron chi connectivity index (χ3n) is 4.33. The van der Waals surface area contributed by atoms with E-state index < -0.39 is 6.10 Å². The van der Waals surface area contributed by atoms with Gasteiger partial charge in [-0.2, -0.15) is 0 Å². The Balaban J connectivity index is 0.00000300. The third-order valence-corrected chi connectivity index (χ3v) is 4.33. The Labute approximate surface area is 175 Å². The minimum absolute atomic E-state index is 0. The highest BCUT2D eigenvalue weighted by Crippen LogP contribution is 2.24. The number of ether oxygens (including phenoxy) is 3. The van der Waals surface area contributed by atoms with Crippen molar-refractivity contribution in [2.45, 2.75) is 12.6 Å². The molecule has 0 saturated carbocycles. The van der Waals surface area contributed by atoms with E-state index in [-0.39, 0.29) is 24.6 Å². The van der Waals surface area contributed by atoms with Crippen LogP contribution < -0.4 is 25.1 Å². The number of methoxy groups -OCH3 is 2. The zero-order valence-electron chi connectivity index (χ0n) is 16.3. The predicted molar refractivity (Wildman–Crippen MR) is 115 cm³/mol. The second-order valence-electron chi connectivity index (χ2n) is 6.35. The van der Waals surface area contributed by atoms with E-state index in [9.17, 15) is 9.90 Å². The summed E-state index contributed by atoms with van der Waals surface area (Å²) in [6.45, 7) is 1.07. The van der Waals surface area contributed by atoms with E-state index in [4.69, 9.17) is 14.2 Å². The molecule has 29 heavy (non-hydrogen) atoms. The van der Waals surface area contributed by atoms with Crippen LogP contribution in [0.3, 0.4) is 0 Å². The van der Waals surface area contributed by atoms with Gasteiger partial charge in [0.05, 0.1) is 14.2 Å². The van der Waals surface area contributed by atoms with Gasteiger partial charge < -0.3 is 29.6 Å². The summed E-state index contributed by atoms with van der Waals surface area (Å²) in [7, 11) is 3.22. The largest absolute Gasteiger partial charge is 0.497 e. The van der Waals surface area contributed by atoms with E-state index in [1.165, 1.54) is 6.07 Å². The van der Waals surface area contributed by atoms with Crippen LogP contribution in [0.15, 0.2) is 53.3 Å². The van der Waals surface area contributed by atoms with Gasteiger partial charge in [-0.1, -0.05) is 6.07 Å². The topological polar surface area (TPSA) is 92.8 Å². The Hall–Kier alpha value is -2.74. The van der Waals surface area contributed by atoms with Gasteiger partial charge in [-0.15, -0.1) is 12.4 Å². The fourth-order valence-electron chi connectivity index (χ4n) is 2.84. The average molecular weight is 421 g/mol. The number of fused-ring (bicyclic) bond motifs is 1. The number of pyridine rings is 1. The standard InChI is InChI=1S/C21H24N2O5.ClH/c1-26-17-5-3-15(20(10-17)27-2)11-22-12-16(24)13-28-18-6-7-19-14(9-18)4-8-21(25)23-19;/h3-10,16,22,24H,11-13H2,1-2H3,(H,23,25);1H. The van der Waals surface area contributed by atoms with Crippen molar-refractivity contribution in [1.29, 1.82) is 0 Å². The van der Waals surface area contributed by atoms with E-state index in [0.29, 0.717) is 18.8 Å². The molecule has 2 aromatic carbocycles. The van der Waals surface area contributed by atoms with Crippen molar-refractivity contribution in [3.8, 4) is 17.2 Å². The Kier molecular flexibility index (Phi) is 8.33. The SMILES string of the molecule is COc1ccc(CNCC(O)COc2ccc3[nH]c(=O)ccc3c2)c(OC)c1.Cl. The maximum Gasteiger partial charge on any atom is 0.248 e. The number of aromatic nitrogens is 1. The van der Waals surface area contributed by atoms with Gasteiger partial charge in [-0.25, -0.2) is 0 Å². The van der Waals surface area contributed by atoms with Gasteiger partial charge in [0.15, 0.2) is 0 Å². The van der Waals surface area contributed by atoms with Gasteiger partial charge in [-0.3, -0.25) is 4.79 Å². The van der Waals surface area contributed by atoms with Crippen LogP contribution in [0.4, 0.5) is 0 Å². The predicted octanol–water partition coefficient (Wildman–Crippen LogP) is 2.50. The molecule has 3 aromatic rings. The summed E-state index contributed by atoms with van der Waals surface area (Å²) < 4.78 is 16.2. The summed E-state index contributed by atoms with van der Waals surface area (Å²) in [6.07, 6.45) is -0.671. The minimum atomic E-state index is -0.671. The fraction of sp³-hybridized carbons (Fsp3) is 0.286. The highest BCUT2D eigenvalue weighted by molar-refractivity contribution is 5.85. The van der Waals surface area contributed by atoms with Crippen LogP contribution in [0.2, 0.25) is 0 Å². The highest BCUT2D eigenvalue weighted by Gasteiger charge is 2.08. The monoisotopic (exact) mass is 420 g/mol. The van der Waals surface area contributed by atoms with Gasteiger partial charge in [0.2, 0.25) is 5.56 Å². The number of hydrogen-bond acceptors (Lipinski definition) is 6. The zero-order valence-corrected chi connectivity index (χ0v) is 17.1. The molecule has 0 aliphatic heterocycles. The number of nitrogens with one attached hydrogen (secondary N) is 2. The Morgan fingerprint density at radius 2 is 1.83 bits per heavy atom. The smallest absolute Gasteiger partial charge is 0.248 e. The van der Waals surface area contributed by atoms with Crippen molar-refractivity contribution in [3.05, 3.63) is 64.4 Å². The van der Waals surface area contributed by atoms with Crippen molar-refractivity contribution < 1.29 is 19.3 Å². The van der Waals surface area contributed by atoms with E-state index in [1.807, 2.05) is 24.3 Å². The lowest BCUT2D eigenvalue weighted by Gasteiger charge is -2.15. The molecule has 7 nitrogen and oxygen atoms in total. The van der Waals surface area contributed by atoms with E-state index in [2.05, 4.69) is 10.3 Å². The van der Waals surface area contributed by atoms with Gasteiger partial charge in [0, 0.05) is 41.7 Å². The van der Waals surface area contributed by atoms with Crippen molar-refractivity contribution in [2.75, 3.05) is 27.4 Å². The van der Waals surface area contributed by atoms with Crippen molar-refractivity contribution >= 4 is 23.3 Å². The summed E-state index contributed by atoms with van der Waals surface area (Å²) >= 11 is 0. The lowest BCUT2D eigenvalue weighted by molar-refractivity contribution is 0.106. The van der Waals surface area contributed by atoms with E-state index >= 15 is 0 Å². The molecule has 1 aromatic heterocycles. The molecule has 0 aliphatic carbocycles. The number of hydrogen-bond donors (Lipinski definition) is 3. The molecule has 0 spiro atoms. The summed E-state index contributed by atoms with van der Waals surface area (Å²) in [6, 6.07) is 14.2. The normalized spacial score (nSPS) is 11.6. The number of halogens is 1. The van der Waals surface area contributed by atoms with Crippen LogP contribution >= 0.6 is 12.4 Å². The minimum Gasteiger partial charge on any atom is -0.497 e. The molecule has 3 rings (SSSR count). The number of rotatable bonds is 9. The first-order valence-corrected chi connectivity index (χ1v) is 8.94. The molecule has 8 heteroatoms. The van der Waals surface area contributed by atoms with Crippen LogP contribution in [0, 0.1) is 0 Å². The lowest BCUT2D eigenvalue weighted by Crippen LogP contribution is -2.31. The zero-order chi connectivity index (χ0) is 19.9. The van der Waals surface area contributed by atoms with E-state index in [0.717, 1.165) is 28.0 Å². The molecule has 0 aliphatic rings. The van der Waals surface area contributed by atoms with Crippen LogP contribution in [0.5, 0.6) is 17.2 Å². The highest BCUT2D eigenvalue weighted by atomic mass is 35.5. The molecular weight excluding hydrogens is 396 g/mol. The van der Waals surface area contributed by atoms with Gasteiger partial charge in [0.25, 0.3) is 0 Å². The first-order valence-electron chi connectivity index (χ1n) is 8.94. The fourth-order valence-corrected chi connectivity index (χ4v) is 2.84. The van der Waals surface area contributed by atoms with Gasteiger partial charge in [-0.05, 0) is 30.3 Å². The second-order valence-corrected chi connectivity index (χ2v) is 6.35. The van der Waals surface area contributed by atoms with Crippen molar-refractivity contribution in [3.63, 3.8) is 0 Å². The lowest BCUT2D eigenvalue weighted by atomic mass is 10.2.